The summed E-state index contributed by atoms with van der Waals surface area (Å²) in [5.41, 5.74) is 6.00. The number of rotatable bonds is 4. The maximum Gasteiger partial charge on any atom is 0.412 e. The van der Waals surface area contributed by atoms with E-state index in [9.17, 15) is 14.4 Å². The Labute approximate surface area is 221 Å². The fraction of sp³-hybridized carbons (Fsp3) is 0.280. The van der Waals surface area contributed by atoms with Gasteiger partial charge < -0.3 is 24.8 Å². The lowest BCUT2D eigenvalue weighted by Crippen LogP contribution is -2.53. The lowest BCUT2D eigenvalue weighted by atomic mass is 9.83. The van der Waals surface area contributed by atoms with E-state index in [1.165, 1.54) is 54.3 Å². The van der Waals surface area contributed by atoms with Gasteiger partial charge in [0.25, 0.3) is 5.91 Å². The van der Waals surface area contributed by atoms with Gasteiger partial charge in [0.05, 0.1) is 48.8 Å². The predicted octanol–water partition coefficient (Wildman–Crippen LogP) is 3.74. The van der Waals surface area contributed by atoms with Gasteiger partial charge in [-0.1, -0.05) is 11.6 Å². The van der Waals surface area contributed by atoms with E-state index in [1.54, 1.807) is 6.07 Å². The number of halogens is 2. The molecule has 1 spiro atoms. The summed E-state index contributed by atoms with van der Waals surface area (Å²) in [7, 11) is 2.69. The highest BCUT2D eigenvalue weighted by molar-refractivity contribution is 6.31. The first-order valence-corrected chi connectivity index (χ1v) is 11.9. The monoisotopic (exact) mass is 543 g/mol. The second-order valence-electron chi connectivity index (χ2n) is 8.86. The Morgan fingerprint density at radius 2 is 2.05 bits per heavy atom. The van der Waals surface area contributed by atoms with E-state index in [1.807, 2.05) is 0 Å². The van der Waals surface area contributed by atoms with Gasteiger partial charge in [-0.25, -0.2) is 18.7 Å². The van der Waals surface area contributed by atoms with E-state index in [4.69, 9.17) is 31.5 Å². The molecule has 0 saturated carbocycles. The predicted molar refractivity (Wildman–Crippen MR) is 134 cm³/mol. The molecule has 2 amide bonds. The molecule has 2 aromatic carbocycles. The number of esters is 1. The molecule has 1 fully saturated rings. The second kappa shape index (κ2) is 9.53. The van der Waals surface area contributed by atoms with Gasteiger partial charge in [0.1, 0.15) is 22.8 Å². The molecule has 0 radical (unpaired) electrons. The number of ether oxygens (including phenoxy) is 3. The van der Waals surface area contributed by atoms with Crippen molar-refractivity contribution < 1.29 is 33.0 Å². The third kappa shape index (κ3) is 4.06. The summed E-state index contributed by atoms with van der Waals surface area (Å²) in [6.07, 6.45) is 1.30. The summed E-state index contributed by atoms with van der Waals surface area (Å²) in [6, 6.07) is 7.41. The molecule has 38 heavy (non-hydrogen) atoms. The number of nitrogen functional groups attached to an aromatic ring is 1. The van der Waals surface area contributed by atoms with Crippen LogP contribution >= 0.6 is 11.6 Å². The standard InChI is InChI=1S/C25H23ClFN5O6/c1-36-18-10-13(23(34)37-2)4-7-17(18)32-21(28)14(11-29-32)22(33)31-9-3-8-25(12-31)19-16(30-24(35)38-25)6-5-15(26)20(19)27/h4-7,10-11H,3,8-9,12,28H2,1-2H3,(H,30,35)/t25-/m0/s1. The number of piperidine rings is 1. The van der Waals surface area contributed by atoms with Crippen LogP contribution in [0.1, 0.15) is 39.1 Å². The summed E-state index contributed by atoms with van der Waals surface area (Å²) in [5.74, 6) is -1.43. The Bertz CT molecular complexity index is 1480. The van der Waals surface area contributed by atoms with Gasteiger partial charge in [0, 0.05) is 6.54 Å². The zero-order valence-electron chi connectivity index (χ0n) is 20.4. The molecule has 13 heteroatoms. The van der Waals surface area contributed by atoms with Crippen LogP contribution in [0.15, 0.2) is 36.5 Å². The molecule has 0 aliphatic carbocycles. The fourth-order valence-corrected chi connectivity index (χ4v) is 5.09. The molecule has 3 N–H and O–H groups in total. The normalized spacial score (nSPS) is 18.4. The van der Waals surface area contributed by atoms with E-state index < -0.39 is 29.4 Å². The Balaban J connectivity index is 1.48. The molecule has 198 valence electrons. The van der Waals surface area contributed by atoms with Crippen LogP contribution in [0.5, 0.6) is 5.75 Å². The molecule has 1 aromatic heterocycles. The van der Waals surface area contributed by atoms with Gasteiger partial charge in [-0.3, -0.25) is 10.1 Å². The Kier molecular flexibility index (Phi) is 6.35. The van der Waals surface area contributed by atoms with E-state index in [-0.39, 0.29) is 45.5 Å². The Morgan fingerprint density at radius 3 is 2.79 bits per heavy atom. The lowest BCUT2D eigenvalue weighted by Gasteiger charge is -2.45. The number of hydrogen-bond donors (Lipinski definition) is 2. The average molecular weight is 544 g/mol. The number of amides is 2. The molecule has 2 aliphatic heterocycles. The lowest BCUT2D eigenvalue weighted by molar-refractivity contribution is -0.0418. The van der Waals surface area contributed by atoms with Crippen molar-refractivity contribution in [1.82, 2.24) is 14.7 Å². The van der Waals surface area contributed by atoms with Gasteiger partial charge in [-0.2, -0.15) is 5.10 Å². The highest BCUT2D eigenvalue weighted by Gasteiger charge is 2.49. The van der Waals surface area contributed by atoms with Gasteiger partial charge in [-0.05, 0) is 43.2 Å². The molecular formula is C25H23ClFN5O6. The van der Waals surface area contributed by atoms with Crippen molar-refractivity contribution in [2.24, 2.45) is 0 Å². The van der Waals surface area contributed by atoms with E-state index in [2.05, 4.69) is 10.4 Å². The third-order valence-corrected chi connectivity index (χ3v) is 6.98. The first-order chi connectivity index (χ1) is 18.2. The van der Waals surface area contributed by atoms with Gasteiger partial charge in [0.2, 0.25) is 0 Å². The van der Waals surface area contributed by atoms with E-state index in [0.717, 1.165) is 0 Å². The number of carbonyl (C=O) groups excluding carboxylic acids is 3. The van der Waals surface area contributed by atoms with Crippen molar-refractivity contribution >= 4 is 41.1 Å². The van der Waals surface area contributed by atoms with Crippen LogP contribution in [-0.2, 0) is 15.1 Å². The van der Waals surface area contributed by atoms with Gasteiger partial charge >= 0.3 is 12.1 Å². The van der Waals surface area contributed by atoms with Crippen LogP contribution in [0.4, 0.5) is 20.7 Å². The van der Waals surface area contributed by atoms with E-state index in [0.29, 0.717) is 25.1 Å². The largest absolute Gasteiger partial charge is 0.494 e. The van der Waals surface area contributed by atoms with Crippen molar-refractivity contribution in [3.05, 3.63) is 64.1 Å². The van der Waals surface area contributed by atoms with Crippen molar-refractivity contribution in [1.29, 1.82) is 0 Å². The van der Waals surface area contributed by atoms with Gasteiger partial charge in [0.15, 0.2) is 11.4 Å². The maximum atomic E-state index is 15.2. The molecule has 0 unspecified atom stereocenters. The molecule has 11 nitrogen and oxygen atoms in total. The van der Waals surface area contributed by atoms with Crippen molar-refractivity contribution in [2.75, 3.05) is 38.4 Å². The Morgan fingerprint density at radius 1 is 1.26 bits per heavy atom. The molecule has 2 aliphatic rings. The first-order valence-electron chi connectivity index (χ1n) is 11.6. The zero-order chi connectivity index (χ0) is 27.2. The minimum Gasteiger partial charge on any atom is -0.494 e. The van der Waals surface area contributed by atoms with Crippen LogP contribution in [0.2, 0.25) is 5.02 Å². The van der Waals surface area contributed by atoms with Crippen LogP contribution in [-0.4, -0.2) is 60.0 Å². The smallest absolute Gasteiger partial charge is 0.412 e. The topological polar surface area (TPSA) is 138 Å². The minimum atomic E-state index is -1.42. The van der Waals surface area contributed by atoms with Crippen molar-refractivity contribution in [3.63, 3.8) is 0 Å². The maximum absolute atomic E-state index is 15.2. The number of nitrogens with one attached hydrogen (secondary N) is 1. The number of fused-ring (bicyclic) bond motifs is 2. The van der Waals surface area contributed by atoms with Crippen LogP contribution in [0.25, 0.3) is 5.69 Å². The number of benzene rings is 2. The van der Waals surface area contributed by atoms with Crippen molar-refractivity contribution in [2.45, 2.75) is 18.4 Å². The average Bonchev–Trinajstić information content (AvgIpc) is 3.30. The SMILES string of the molecule is COC(=O)c1ccc(-n2ncc(C(=O)N3CCC[C@@]4(C3)OC(=O)Nc3ccc(Cl)c(F)c34)c2N)c(OC)c1. The van der Waals surface area contributed by atoms with Crippen LogP contribution in [0.3, 0.4) is 0 Å². The van der Waals surface area contributed by atoms with Crippen LogP contribution < -0.4 is 15.8 Å². The quantitative estimate of drug-likeness (QED) is 0.475. The number of hydrogen-bond acceptors (Lipinski definition) is 8. The number of nitrogens with two attached hydrogens (primary N) is 1. The molecule has 1 saturated heterocycles. The fourth-order valence-electron chi connectivity index (χ4n) is 4.93. The van der Waals surface area contributed by atoms with E-state index >= 15 is 4.39 Å². The first kappa shape index (κ1) is 25.3. The number of nitrogens with zero attached hydrogens (tertiary/aromatic N) is 3. The number of carbonyl (C=O) groups is 3. The minimum absolute atomic E-state index is 0.0238. The van der Waals surface area contributed by atoms with Crippen LogP contribution in [0, 0.1) is 5.82 Å². The highest BCUT2D eigenvalue weighted by Crippen LogP contribution is 2.45. The van der Waals surface area contributed by atoms with Crippen molar-refractivity contribution in [3.8, 4) is 11.4 Å². The second-order valence-corrected chi connectivity index (χ2v) is 9.26. The molecule has 3 heterocycles. The molecule has 5 rings (SSSR count). The highest BCUT2D eigenvalue weighted by atomic mass is 35.5. The Hall–Kier alpha value is -4.32. The zero-order valence-corrected chi connectivity index (χ0v) is 21.2. The summed E-state index contributed by atoms with van der Waals surface area (Å²) in [5, 5.41) is 6.63. The number of aromatic nitrogens is 2. The molecule has 0 bridgehead atoms. The summed E-state index contributed by atoms with van der Waals surface area (Å²) >= 11 is 6.03. The summed E-state index contributed by atoms with van der Waals surface area (Å²) in [4.78, 5) is 39.3. The van der Waals surface area contributed by atoms with Gasteiger partial charge in [-0.15, -0.1) is 0 Å². The summed E-state index contributed by atoms with van der Waals surface area (Å²) < 4.78 is 32.2. The molecule has 3 aromatic rings. The third-order valence-electron chi connectivity index (χ3n) is 6.68. The molecule has 1 atom stereocenters. The number of likely N-dealkylation sites (tertiary alicyclic amines) is 1. The summed E-state index contributed by atoms with van der Waals surface area (Å²) in [6.45, 7) is 0.218. The molecular weight excluding hydrogens is 521 g/mol. The number of anilines is 2. The number of methoxy groups -OCH3 is 2.